The molecule has 2 aromatic heterocycles. The summed E-state index contributed by atoms with van der Waals surface area (Å²) in [5.41, 5.74) is 5.02. The van der Waals surface area contributed by atoms with E-state index in [9.17, 15) is 0 Å². The highest BCUT2D eigenvalue weighted by Gasteiger charge is 2.14. The molecule has 0 aliphatic carbocycles. The number of rotatable bonds is 4. The summed E-state index contributed by atoms with van der Waals surface area (Å²) in [6, 6.07) is 16.7. The van der Waals surface area contributed by atoms with E-state index in [4.69, 9.17) is 0 Å². The van der Waals surface area contributed by atoms with Crippen LogP contribution in [0.1, 0.15) is 18.4 Å². The highest BCUT2D eigenvalue weighted by molar-refractivity contribution is 5.91. The zero-order chi connectivity index (χ0) is 18.1. The number of nitrogens with one attached hydrogen (secondary N) is 2. The largest absolute Gasteiger partial charge is 0.317 e. The lowest BCUT2D eigenvalue weighted by atomic mass is 9.91. The van der Waals surface area contributed by atoms with Crippen molar-refractivity contribution in [1.29, 1.82) is 0 Å². The Bertz CT molecular complexity index is 1040. The Kier molecular flexibility index (Phi) is 4.18. The number of hydrogen-bond donors (Lipinski definition) is 2. The molecule has 1 saturated heterocycles. The number of aromatic amines is 1. The highest BCUT2D eigenvalue weighted by atomic mass is 15.4. The summed E-state index contributed by atoms with van der Waals surface area (Å²) >= 11 is 0. The molecule has 2 N–H and O–H groups in total. The van der Waals surface area contributed by atoms with Crippen molar-refractivity contribution in [3.8, 4) is 17.1 Å². The zero-order valence-corrected chi connectivity index (χ0v) is 15.1. The fourth-order valence-electron chi connectivity index (χ4n) is 3.86. The predicted octanol–water partition coefficient (Wildman–Crippen LogP) is 3.35. The van der Waals surface area contributed by atoms with Gasteiger partial charge in [0.2, 0.25) is 0 Å². The van der Waals surface area contributed by atoms with E-state index in [1.807, 2.05) is 35.1 Å². The molecule has 6 nitrogen and oxygen atoms in total. The topological polar surface area (TPSA) is 71.4 Å². The number of para-hydroxylation sites is 1. The molecular weight excluding hydrogens is 336 g/mol. The van der Waals surface area contributed by atoms with Crippen LogP contribution in [0.4, 0.5) is 0 Å². The number of H-pyrrole nitrogens is 1. The van der Waals surface area contributed by atoms with Crippen LogP contribution in [0.2, 0.25) is 0 Å². The number of benzene rings is 2. The van der Waals surface area contributed by atoms with E-state index in [2.05, 4.69) is 50.1 Å². The van der Waals surface area contributed by atoms with Crippen molar-refractivity contribution < 1.29 is 0 Å². The van der Waals surface area contributed by atoms with Gasteiger partial charge in [0.1, 0.15) is 11.4 Å². The maximum Gasteiger partial charge on any atom is 0.134 e. The van der Waals surface area contributed by atoms with Gasteiger partial charge < -0.3 is 5.32 Å². The summed E-state index contributed by atoms with van der Waals surface area (Å²) in [7, 11) is 0. The van der Waals surface area contributed by atoms with Gasteiger partial charge in [-0.2, -0.15) is 5.10 Å². The van der Waals surface area contributed by atoms with E-state index in [0.717, 1.165) is 53.4 Å². The first-order valence-corrected chi connectivity index (χ1v) is 9.53. The van der Waals surface area contributed by atoms with E-state index < -0.39 is 0 Å². The third kappa shape index (κ3) is 3.24. The van der Waals surface area contributed by atoms with E-state index in [1.54, 1.807) is 0 Å². The fourth-order valence-corrected chi connectivity index (χ4v) is 3.86. The smallest absolute Gasteiger partial charge is 0.134 e. The fraction of sp³-hybridized carbons (Fsp3) is 0.286. The molecule has 1 fully saturated rings. The Morgan fingerprint density at radius 1 is 1.00 bits per heavy atom. The van der Waals surface area contributed by atoms with Crippen molar-refractivity contribution in [3.63, 3.8) is 0 Å². The minimum atomic E-state index is 0.770. The summed E-state index contributed by atoms with van der Waals surface area (Å²) in [5.74, 6) is 0.794. The first kappa shape index (κ1) is 16.2. The molecule has 3 heterocycles. The van der Waals surface area contributed by atoms with Crippen LogP contribution in [0.3, 0.4) is 0 Å². The van der Waals surface area contributed by atoms with E-state index in [-0.39, 0.29) is 0 Å². The predicted molar refractivity (Wildman–Crippen MR) is 106 cm³/mol. The van der Waals surface area contributed by atoms with Crippen molar-refractivity contribution >= 4 is 10.9 Å². The standard InChI is InChI=1S/C21H22N6/c1-2-4-19-18(3-1)21(25-23-19)20-14-27(26-24-20)17-7-5-15(6-8-17)13-16-9-11-22-12-10-16/h1-8,14,16,22H,9-13H2,(H,23,25). The van der Waals surface area contributed by atoms with Gasteiger partial charge in [-0.15, -0.1) is 5.10 Å². The molecule has 0 saturated carbocycles. The lowest BCUT2D eigenvalue weighted by molar-refractivity contribution is 0.372. The van der Waals surface area contributed by atoms with Crippen LogP contribution in [0, 0.1) is 5.92 Å². The molecule has 0 unspecified atom stereocenters. The second-order valence-electron chi connectivity index (χ2n) is 7.23. The Hall–Kier alpha value is -2.99. The molecule has 136 valence electrons. The monoisotopic (exact) mass is 358 g/mol. The Morgan fingerprint density at radius 2 is 1.81 bits per heavy atom. The molecule has 0 spiro atoms. The SMILES string of the molecule is c1ccc2c(-c3cn(-c4ccc(CC5CCNCC5)cc4)nn3)n[nH]c2c1. The molecule has 2 aromatic carbocycles. The molecule has 1 aliphatic rings. The molecule has 1 aliphatic heterocycles. The van der Waals surface area contributed by atoms with E-state index in [0.29, 0.717) is 0 Å². The summed E-state index contributed by atoms with van der Waals surface area (Å²) in [6.45, 7) is 2.29. The summed E-state index contributed by atoms with van der Waals surface area (Å²) < 4.78 is 1.81. The molecule has 0 radical (unpaired) electrons. The Labute approximate surface area is 157 Å². The van der Waals surface area contributed by atoms with Crippen LogP contribution >= 0.6 is 0 Å². The Morgan fingerprint density at radius 3 is 2.67 bits per heavy atom. The lowest BCUT2D eigenvalue weighted by Crippen LogP contribution is -2.28. The van der Waals surface area contributed by atoms with Gasteiger partial charge in [0.25, 0.3) is 0 Å². The second-order valence-corrected chi connectivity index (χ2v) is 7.23. The van der Waals surface area contributed by atoms with Gasteiger partial charge in [-0.05, 0) is 62.0 Å². The van der Waals surface area contributed by atoms with Crippen LogP contribution in [0.15, 0.2) is 54.7 Å². The number of piperidine rings is 1. The molecule has 27 heavy (non-hydrogen) atoms. The van der Waals surface area contributed by atoms with Crippen molar-refractivity contribution in [3.05, 3.63) is 60.3 Å². The van der Waals surface area contributed by atoms with Crippen molar-refractivity contribution in [2.75, 3.05) is 13.1 Å². The Balaban J connectivity index is 1.36. The maximum absolute atomic E-state index is 4.41. The van der Waals surface area contributed by atoms with Gasteiger partial charge in [0.15, 0.2) is 0 Å². The first-order chi connectivity index (χ1) is 13.4. The average Bonchev–Trinajstić information content (AvgIpc) is 3.36. The summed E-state index contributed by atoms with van der Waals surface area (Å²) in [6.07, 6.45) is 5.63. The minimum absolute atomic E-state index is 0.770. The van der Waals surface area contributed by atoms with Gasteiger partial charge >= 0.3 is 0 Å². The third-order valence-electron chi connectivity index (χ3n) is 5.39. The maximum atomic E-state index is 4.41. The number of fused-ring (bicyclic) bond motifs is 1. The zero-order valence-electron chi connectivity index (χ0n) is 15.1. The molecule has 4 aromatic rings. The van der Waals surface area contributed by atoms with Gasteiger partial charge in [-0.1, -0.05) is 35.5 Å². The van der Waals surface area contributed by atoms with Gasteiger partial charge in [-0.25, -0.2) is 4.68 Å². The van der Waals surface area contributed by atoms with Crippen LogP contribution < -0.4 is 5.32 Å². The quantitative estimate of drug-likeness (QED) is 0.587. The van der Waals surface area contributed by atoms with Crippen LogP contribution in [0.5, 0.6) is 0 Å². The molecular formula is C21H22N6. The number of nitrogens with zero attached hydrogens (tertiary/aromatic N) is 4. The number of hydrogen-bond acceptors (Lipinski definition) is 4. The molecule has 6 heteroatoms. The van der Waals surface area contributed by atoms with Crippen molar-refractivity contribution in [2.45, 2.75) is 19.3 Å². The number of aromatic nitrogens is 5. The normalized spacial score (nSPS) is 15.4. The van der Waals surface area contributed by atoms with Gasteiger partial charge in [0, 0.05) is 5.39 Å². The lowest BCUT2D eigenvalue weighted by Gasteiger charge is -2.22. The van der Waals surface area contributed by atoms with Gasteiger partial charge in [-0.3, -0.25) is 5.10 Å². The first-order valence-electron chi connectivity index (χ1n) is 9.53. The molecule has 0 amide bonds. The molecule has 5 rings (SSSR count). The second kappa shape index (κ2) is 6.96. The van der Waals surface area contributed by atoms with Crippen molar-refractivity contribution in [1.82, 2.24) is 30.5 Å². The molecule has 0 bridgehead atoms. The molecule has 0 atom stereocenters. The highest BCUT2D eigenvalue weighted by Crippen LogP contribution is 2.25. The minimum Gasteiger partial charge on any atom is -0.317 e. The van der Waals surface area contributed by atoms with Crippen LogP contribution in [-0.4, -0.2) is 38.3 Å². The average molecular weight is 358 g/mol. The summed E-state index contributed by atoms with van der Waals surface area (Å²) in [4.78, 5) is 0. The summed E-state index contributed by atoms with van der Waals surface area (Å²) in [5, 5.41) is 20.6. The van der Waals surface area contributed by atoms with E-state index in [1.165, 1.54) is 18.4 Å². The van der Waals surface area contributed by atoms with Crippen molar-refractivity contribution in [2.24, 2.45) is 5.92 Å². The third-order valence-corrected chi connectivity index (χ3v) is 5.39. The van der Waals surface area contributed by atoms with Gasteiger partial charge in [0.05, 0.1) is 17.4 Å². The van der Waals surface area contributed by atoms with Crippen LogP contribution in [0.25, 0.3) is 28.0 Å². The van der Waals surface area contributed by atoms with Crippen LogP contribution in [-0.2, 0) is 6.42 Å². The van der Waals surface area contributed by atoms with E-state index >= 15 is 0 Å².